The smallest absolute Gasteiger partial charge is 0.249 e. The summed E-state index contributed by atoms with van der Waals surface area (Å²) in [5.74, 6) is -0.578. The van der Waals surface area contributed by atoms with Gasteiger partial charge in [0.1, 0.15) is 5.25 Å². The lowest BCUT2D eigenvalue weighted by molar-refractivity contribution is -0.121. The van der Waals surface area contributed by atoms with Gasteiger partial charge in [0.05, 0.1) is 6.42 Å². The van der Waals surface area contributed by atoms with Crippen LogP contribution in [0.25, 0.3) is 0 Å². The number of amidine groups is 1. The number of anilines is 1. The third-order valence-corrected chi connectivity index (χ3v) is 3.47. The van der Waals surface area contributed by atoms with Crippen molar-refractivity contribution in [1.29, 1.82) is 0 Å². The molecule has 1 heterocycles. The maximum absolute atomic E-state index is 11.9. The van der Waals surface area contributed by atoms with E-state index in [9.17, 15) is 9.59 Å². The topological polar surface area (TPSA) is 84.5 Å². The summed E-state index contributed by atoms with van der Waals surface area (Å²) in [7, 11) is 0. The number of benzene rings is 1. The normalized spacial score (nSPS) is 19.3. The lowest BCUT2D eigenvalue weighted by Gasteiger charge is -2.17. The van der Waals surface area contributed by atoms with Gasteiger partial charge in [0.15, 0.2) is 5.17 Å². The number of nitrogens with one attached hydrogen (secondary N) is 1. The van der Waals surface area contributed by atoms with Crippen molar-refractivity contribution < 1.29 is 9.59 Å². The molecule has 1 aliphatic rings. The minimum atomic E-state index is -0.503. The third-order valence-electron chi connectivity index (χ3n) is 2.47. The van der Waals surface area contributed by atoms with Crippen molar-refractivity contribution in [1.82, 2.24) is 0 Å². The van der Waals surface area contributed by atoms with Gasteiger partial charge in [0, 0.05) is 5.69 Å². The minimum Gasteiger partial charge on any atom is -0.378 e. The number of amides is 2. The maximum Gasteiger partial charge on any atom is 0.249 e. The molecule has 18 heavy (non-hydrogen) atoms. The summed E-state index contributed by atoms with van der Waals surface area (Å²) in [5, 5.41) is 2.40. The zero-order valence-corrected chi connectivity index (χ0v) is 10.7. The minimum absolute atomic E-state index is 0.0864. The number of hydrogen-bond donors (Lipinski definition) is 2. The number of carbonyl (C=O) groups excluding carboxylic acids is 2. The van der Waals surface area contributed by atoms with Crippen LogP contribution in [-0.2, 0) is 9.59 Å². The first-order valence-corrected chi connectivity index (χ1v) is 6.34. The molecule has 0 bridgehead atoms. The number of nitrogens with two attached hydrogens (primary N) is 1. The Morgan fingerprint density at radius 2 is 2.11 bits per heavy atom. The molecule has 2 rings (SSSR count). The van der Waals surface area contributed by atoms with Gasteiger partial charge in [-0.1, -0.05) is 29.5 Å². The summed E-state index contributed by atoms with van der Waals surface area (Å²) in [5.41, 5.74) is 7.30. The van der Waals surface area contributed by atoms with E-state index in [1.807, 2.05) is 31.2 Å². The van der Waals surface area contributed by atoms with Gasteiger partial charge < -0.3 is 11.1 Å². The zero-order chi connectivity index (χ0) is 13.1. The number of carbonyl (C=O) groups is 2. The first kappa shape index (κ1) is 12.6. The summed E-state index contributed by atoms with van der Waals surface area (Å²) in [6.45, 7) is 1.97. The molecule has 1 aromatic carbocycles. The molecule has 1 aliphatic heterocycles. The lowest BCUT2D eigenvalue weighted by atomic mass is 10.2. The van der Waals surface area contributed by atoms with E-state index in [2.05, 4.69) is 10.3 Å². The van der Waals surface area contributed by atoms with Crippen LogP contribution in [0.4, 0.5) is 5.69 Å². The summed E-state index contributed by atoms with van der Waals surface area (Å²) in [6, 6.07) is 7.45. The van der Waals surface area contributed by atoms with Crippen molar-refractivity contribution in [2.75, 3.05) is 5.32 Å². The fraction of sp³-hybridized carbons (Fsp3) is 0.250. The summed E-state index contributed by atoms with van der Waals surface area (Å²) in [4.78, 5) is 26.7. The zero-order valence-electron chi connectivity index (χ0n) is 9.84. The van der Waals surface area contributed by atoms with Gasteiger partial charge in [0.25, 0.3) is 0 Å². The lowest BCUT2D eigenvalue weighted by Crippen LogP contribution is -2.33. The van der Waals surface area contributed by atoms with Gasteiger partial charge in [-0.3, -0.25) is 9.59 Å². The van der Waals surface area contributed by atoms with Gasteiger partial charge in [0.2, 0.25) is 11.8 Å². The van der Waals surface area contributed by atoms with Crippen LogP contribution in [0.15, 0.2) is 29.3 Å². The second-order valence-electron chi connectivity index (χ2n) is 4.01. The van der Waals surface area contributed by atoms with E-state index in [4.69, 9.17) is 5.73 Å². The highest BCUT2D eigenvalue weighted by Crippen LogP contribution is 2.22. The number of nitrogens with zero attached hydrogens (tertiary/aromatic N) is 1. The van der Waals surface area contributed by atoms with Crippen LogP contribution < -0.4 is 11.1 Å². The molecule has 5 nitrogen and oxygen atoms in total. The monoisotopic (exact) mass is 263 g/mol. The van der Waals surface area contributed by atoms with Gasteiger partial charge in [-0.2, -0.15) is 4.99 Å². The van der Waals surface area contributed by atoms with Crippen LogP contribution >= 0.6 is 11.8 Å². The molecule has 0 aromatic heterocycles. The molecule has 1 atom stereocenters. The van der Waals surface area contributed by atoms with Crippen molar-refractivity contribution in [3.05, 3.63) is 29.8 Å². The molecule has 0 spiro atoms. The Morgan fingerprint density at radius 1 is 1.44 bits per heavy atom. The standard InChI is InChI=1S/C12H13N3O2S/c1-7-2-4-8(5-3-7)14-11(17)9-6-10(16)15-12(13)18-9/h2-5,9H,6H2,1H3,(H,14,17)(H2,13,15,16)/t9-/m0/s1. The number of aryl methyl sites for hydroxylation is 1. The average Bonchev–Trinajstić information content (AvgIpc) is 2.31. The van der Waals surface area contributed by atoms with Crippen molar-refractivity contribution in [2.45, 2.75) is 18.6 Å². The van der Waals surface area contributed by atoms with Crippen molar-refractivity contribution >= 4 is 34.4 Å². The fourth-order valence-corrected chi connectivity index (χ4v) is 2.38. The number of thioether (sulfide) groups is 1. The Morgan fingerprint density at radius 3 is 2.72 bits per heavy atom. The molecular formula is C12H13N3O2S. The first-order valence-electron chi connectivity index (χ1n) is 5.46. The Bertz CT molecular complexity index is 511. The van der Waals surface area contributed by atoms with E-state index >= 15 is 0 Å². The average molecular weight is 263 g/mol. The largest absolute Gasteiger partial charge is 0.378 e. The second-order valence-corrected chi connectivity index (χ2v) is 5.23. The van der Waals surface area contributed by atoms with E-state index < -0.39 is 5.25 Å². The molecule has 0 saturated heterocycles. The van der Waals surface area contributed by atoms with E-state index in [1.54, 1.807) is 0 Å². The second kappa shape index (κ2) is 5.22. The molecule has 0 saturated carbocycles. The Kier molecular flexibility index (Phi) is 3.66. The molecule has 2 amide bonds. The highest BCUT2D eigenvalue weighted by Gasteiger charge is 2.27. The molecular weight excluding hydrogens is 250 g/mol. The molecule has 1 aromatic rings. The SMILES string of the molecule is Cc1ccc(NC(=O)[C@@H]2CC(=O)N=C(N)S2)cc1. The predicted molar refractivity (Wildman–Crippen MR) is 72.4 cm³/mol. The van der Waals surface area contributed by atoms with Gasteiger partial charge in [-0.05, 0) is 19.1 Å². The maximum atomic E-state index is 11.9. The highest BCUT2D eigenvalue weighted by molar-refractivity contribution is 8.15. The Labute approximate surface area is 109 Å². The van der Waals surface area contributed by atoms with Crippen molar-refractivity contribution in [2.24, 2.45) is 10.7 Å². The van der Waals surface area contributed by atoms with Crippen LogP contribution in [0.1, 0.15) is 12.0 Å². The predicted octanol–water partition coefficient (Wildman–Crippen LogP) is 1.28. The molecule has 0 aliphatic carbocycles. The molecule has 3 N–H and O–H groups in total. The third kappa shape index (κ3) is 3.10. The Balaban J connectivity index is 2.02. The van der Waals surface area contributed by atoms with Crippen molar-refractivity contribution in [3.8, 4) is 0 Å². The summed E-state index contributed by atoms with van der Waals surface area (Å²) >= 11 is 1.12. The quantitative estimate of drug-likeness (QED) is 0.841. The van der Waals surface area contributed by atoms with Crippen LogP contribution in [-0.4, -0.2) is 22.2 Å². The summed E-state index contributed by atoms with van der Waals surface area (Å²) < 4.78 is 0. The van der Waals surface area contributed by atoms with Crippen LogP contribution in [0.3, 0.4) is 0 Å². The van der Waals surface area contributed by atoms with E-state index in [0.717, 1.165) is 17.3 Å². The van der Waals surface area contributed by atoms with Crippen LogP contribution in [0.2, 0.25) is 0 Å². The van der Waals surface area contributed by atoms with Gasteiger partial charge >= 0.3 is 0 Å². The van der Waals surface area contributed by atoms with Crippen LogP contribution in [0.5, 0.6) is 0 Å². The summed E-state index contributed by atoms with van der Waals surface area (Å²) in [6.07, 6.45) is 0.0864. The molecule has 94 valence electrons. The number of hydrogen-bond acceptors (Lipinski definition) is 4. The fourth-order valence-electron chi connectivity index (χ4n) is 1.55. The number of rotatable bonds is 2. The van der Waals surface area contributed by atoms with E-state index in [0.29, 0.717) is 5.69 Å². The van der Waals surface area contributed by atoms with Gasteiger partial charge in [-0.15, -0.1) is 0 Å². The highest BCUT2D eigenvalue weighted by atomic mass is 32.2. The molecule has 0 unspecified atom stereocenters. The van der Waals surface area contributed by atoms with Gasteiger partial charge in [-0.25, -0.2) is 0 Å². The molecule has 0 fully saturated rings. The molecule has 6 heteroatoms. The van der Waals surface area contributed by atoms with Crippen molar-refractivity contribution in [3.63, 3.8) is 0 Å². The number of aliphatic imine (C=N–C) groups is 1. The first-order chi connectivity index (χ1) is 8.54. The van der Waals surface area contributed by atoms with E-state index in [1.165, 1.54) is 0 Å². The van der Waals surface area contributed by atoms with Crippen LogP contribution in [0, 0.1) is 6.92 Å². The van der Waals surface area contributed by atoms with E-state index in [-0.39, 0.29) is 23.4 Å². The Hall–Kier alpha value is -1.82. The molecule has 0 radical (unpaired) electrons.